The number of pyridine rings is 2. The highest BCUT2D eigenvalue weighted by atomic mass is 16.5. The van der Waals surface area contributed by atoms with Crippen LogP contribution in [0.4, 0.5) is 0 Å². The molecule has 3 aromatic rings. The number of hydrogen-bond donors (Lipinski definition) is 0. The molecule has 1 aliphatic heterocycles. The average Bonchev–Trinajstić information content (AvgIpc) is 2.78. The largest absolute Gasteiger partial charge is 0.493 e. The fraction of sp³-hybridized carbons (Fsp3) is 0.360. The zero-order valence-corrected chi connectivity index (χ0v) is 17.9. The summed E-state index contributed by atoms with van der Waals surface area (Å²) in [5.41, 5.74) is 6.30. The Kier molecular flexibility index (Phi) is 6.29. The molecule has 4 rings (SSSR count). The maximum Gasteiger partial charge on any atom is 0.217 e. The molecule has 5 nitrogen and oxygen atoms in total. The lowest BCUT2D eigenvalue weighted by atomic mass is 9.98. The molecule has 0 N–H and O–H groups in total. The van der Waals surface area contributed by atoms with Gasteiger partial charge in [0.2, 0.25) is 5.88 Å². The quantitative estimate of drug-likeness (QED) is 0.562. The second-order valence-corrected chi connectivity index (χ2v) is 7.84. The lowest BCUT2D eigenvalue weighted by Gasteiger charge is -2.22. The number of aromatic nitrogens is 2. The van der Waals surface area contributed by atoms with Gasteiger partial charge in [0, 0.05) is 47.7 Å². The minimum Gasteiger partial charge on any atom is -0.493 e. The molecule has 156 valence electrons. The average molecular weight is 405 g/mol. The van der Waals surface area contributed by atoms with Crippen LogP contribution in [0, 0.1) is 19.8 Å². The third-order valence-corrected chi connectivity index (χ3v) is 5.47. The van der Waals surface area contributed by atoms with Gasteiger partial charge in [0.1, 0.15) is 5.75 Å². The molecule has 0 saturated carbocycles. The van der Waals surface area contributed by atoms with Crippen LogP contribution in [-0.2, 0) is 4.74 Å². The van der Waals surface area contributed by atoms with Gasteiger partial charge in [-0.15, -0.1) is 0 Å². The molecule has 30 heavy (non-hydrogen) atoms. The molecule has 1 fully saturated rings. The summed E-state index contributed by atoms with van der Waals surface area (Å²) >= 11 is 0. The van der Waals surface area contributed by atoms with E-state index >= 15 is 0 Å². The smallest absolute Gasteiger partial charge is 0.217 e. The Balaban J connectivity index is 1.58. The van der Waals surface area contributed by atoms with Crippen LogP contribution < -0.4 is 9.47 Å². The van der Waals surface area contributed by atoms with Gasteiger partial charge in [-0.2, -0.15) is 0 Å². The predicted octanol–water partition coefficient (Wildman–Crippen LogP) is 5.24. The molecule has 1 atom stereocenters. The highest BCUT2D eigenvalue weighted by Crippen LogP contribution is 2.31. The third-order valence-electron chi connectivity index (χ3n) is 5.47. The van der Waals surface area contributed by atoms with Crippen molar-refractivity contribution >= 4 is 0 Å². The molecule has 2 aromatic heterocycles. The summed E-state index contributed by atoms with van der Waals surface area (Å²) in [7, 11) is 1.63. The number of methoxy groups -OCH3 is 1. The Labute approximate surface area is 178 Å². The van der Waals surface area contributed by atoms with Crippen LogP contribution in [-0.4, -0.2) is 36.9 Å². The van der Waals surface area contributed by atoms with E-state index in [1.165, 1.54) is 0 Å². The second-order valence-electron chi connectivity index (χ2n) is 7.84. The molecule has 1 aromatic carbocycles. The van der Waals surface area contributed by atoms with E-state index in [0.717, 1.165) is 65.4 Å². The summed E-state index contributed by atoms with van der Waals surface area (Å²) in [6, 6.07) is 14.3. The zero-order chi connectivity index (χ0) is 20.9. The van der Waals surface area contributed by atoms with Crippen molar-refractivity contribution in [2.75, 3.05) is 26.9 Å². The number of rotatable bonds is 6. The maximum atomic E-state index is 6.09. The molecule has 0 radical (unpaired) electrons. The van der Waals surface area contributed by atoms with Crippen molar-refractivity contribution in [3.8, 4) is 34.0 Å². The molecule has 0 aliphatic carbocycles. The van der Waals surface area contributed by atoms with Crippen molar-refractivity contribution in [1.29, 1.82) is 0 Å². The van der Waals surface area contributed by atoms with Crippen LogP contribution in [0.1, 0.15) is 24.1 Å². The van der Waals surface area contributed by atoms with Crippen LogP contribution in [0.3, 0.4) is 0 Å². The summed E-state index contributed by atoms with van der Waals surface area (Å²) in [6.45, 7) is 6.36. The van der Waals surface area contributed by atoms with Gasteiger partial charge in [-0.3, -0.25) is 4.98 Å². The van der Waals surface area contributed by atoms with Crippen LogP contribution in [0.2, 0.25) is 0 Å². The van der Waals surface area contributed by atoms with E-state index in [0.29, 0.717) is 18.4 Å². The van der Waals surface area contributed by atoms with E-state index < -0.39 is 0 Å². The molecule has 0 amide bonds. The van der Waals surface area contributed by atoms with Gasteiger partial charge in [0.05, 0.1) is 26.0 Å². The van der Waals surface area contributed by atoms with E-state index in [2.05, 4.69) is 41.2 Å². The number of nitrogens with zero attached hydrogens (tertiary/aromatic N) is 2. The molecule has 0 spiro atoms. The second kappa shape index (κ2) is 9.26. The first-order chi connectivity index (χ1) is 14.6. The van der Waals surface area contributed by atoms with Crippen molar-refractivity contribution in [3.63, 3.8) is 0 Å². The Morgan fingerprint density at radius 2 is 1.93 bits per heavy atom. The lowest BCUT2D eigenvalue weighted by Crippen LogP contribution is -2.23. The first-order valence-corrected chi connectivity index (χ1v) is 10.4. The summed E-state index contributed by atoms with van der Waals surface area (Å²) in [5.74, 6) is 1.76. The van der Waals surface area contributed by atoms with Crippen LogP contribution in [0.15, 0.2) is 48.7 Å². The third kappa shape index (κ3) is 4.79. The SMILES string of the molecule is COc1cc(OCC2CCCOC2)cc(-c2ccc(-c3ccc(C)nc3)cc2C)n1. The van der Waals surface area contributed by atoms with Crippen molar-refractivity contribution < 1.29 is 14.2 Å². The van der Waals surface area contributed by atoms with Gasteiger partial charge in [-0.05, 0) is 43.9 Å². The minimum absolute atomic E-state index is 0.436. The lowest BCUT2D eigenvalue weighted by molar-refractivity contribution is 0.0351. The summed E-state index contributed by atoms with van der Waals surface area (Å²) in [5, 5.41) is 0. The van der Waals surface area contributed by atoms with Crippen molar-refractivity contribution in [1.82, 2.24) is 9.97 Å². The van der Waals surface area contributed by atoms with Gasteiger partial charge in [0.25, 0.3) is 0 Å². The number of ether oxygens (including phenoxy) is 3. The van der Waals surface area contributed by atoms with Crippen molar-refractivity contribution in [2.45, 2.75) is 26.7 Å². The molecular formula is C25H28N2O3. The summed E-state index contributed by atoms with van der Waals surface area (Å²) in [6.07, 6.45) is 4.15. The topological polar surface area (TPSA) is 53.5 Å². The molecule has 5 heteroatoms. The Bertz CT molecular complexity index is 996. The molecule has 3 heterocycles. The Morgan fingerprint density at radius 3 is 2.63 bits per heavy atom. The maximum absolute atomic E-state index is 6.09. The van der Waals surface area contributed by atoms with Gasteiger partial charge in [-0.25, -0.2) is 4.98 Å². The standard InChI is InChI=1S/C25H28N2O3/c1-17-11-20(21-7-6-18(2)26-14-21)8-9-23(17)24-12-22(13-25(27-24)28-3)30-16-19-5-4-10-29-15-19/h6-9,11-14,19H,4-5,10,15-16H2,1-3H3. The Hall–Kier alpha value is -2.92. The molecule has 1 aliphatic rings. The molecular weight excluding hydrogens is 376 g/mol. The minimum atomic E-state index is 0.436. The van der Waals surface area contributed by atoms with E-state index in [4.69, 9.17) is 14.2 Å². The van der Waals surface area contributed by atoms with Gasteiger partial charge in [-0.1, -0.05) is 24.3 Å². The highest BCUT2D eigenvalue weighted by molar-refractivity contribution is 5.72. The molecule has 0 bridgehead atoms. The normalized spacial score (nSPS) is 16.3. The monoisotopic (exact) mass is 404 g/mol. The summed E-state index contributed by atoms with van der Waals surface area (Å²) in [4.78, 5) is 9.06. The van der Waals surface area contributed by atoms with Crippen molar-refractivity contribution in [2.24, 2.45) is 5.92 Å². The first-order valence-electron chi connectivity index (χ1n) is 10.4. The zero-order valence-electron chi connectivity index (χ0n) is 17.9. The predicted molar refractivity (Wildman–Crippen MR) is 118 cm³/mol. The van der Waals surface area contributed by atoms with Gasteiger partial charge < -0.3 is 14.2 Å². The van der Waals surface area contributed by atoms with Gasteiger partial charge >= 0.3 is 0 Å². The van der Waals surface area contributed by atoms with E-state index in [1.54, 1.807) is 7.11 Å². The van der Waals surface area contributed by atoms with E-state index in [-0.39, 0.29) is 0 Å². The molecule has 1 saturated heterocycles. The fourth-order valence-electron chi connectivity index (χ4n) is 3.73. The Morgan fingerprint density at radius 1 is 1.07 bits per heavy atom. The first kappa shape index (κ1) is 20.4. The van der Waals surface area contributed by atoms with E-state index in [9.17, 15) is 0 Å². The van der Waals surface area contributed by atoms with Gasteiger partial charge in [0.15, 0.2) is 0 Å². The van der Waals surface area contributed by atoms with Crippen LogP contribution >= 0.6 is 0 Å². The number of hydrogen-bond acceptors (Lipinski definition) is 5. The number of aryl methyl sites for hydroxylation is 2. The van der Waals surface area contributed by atoms with E-state index in [1.807, 2.05) is 31.3 Å². The highest BCUT2D eigenvalue weighted by Gasteiger charge is 2.16. The van der Waals surface area contributed by atoms with Crippen LogP contribution in [0.5, 0.6) is 11.6 Å². The van der Waals surface area contributed by atoms with Crippen LogP contribution in [0.25, 0.3) is 22.4 Å². The fourth-order valence-corrected chi connectivity index (χ4v) is 3.73. The van der Waals surface area contributed by atoms with Crippen molar-refractivity contribution in [3.05, 3.63) is 59.9 Å². The molecule has 1 unspecified atom stereocenters. The number of benzene rings is 1. The summed E-state index contributed by atoms with van der Waals surface area (Å²) < 4.78 is 17.1.